The number of amides is 4. The van der Waals surface area contributed by atoms with Gasteiger partial charge in [-0.25, -0.2) is 0 Å². The highest BCUT2D eigenvalue weighted by Crippen LogP contribution is 2.20. The summed E-state index contributed by atoms with van der Waals surface area (Å²) in [6.45, 7) is 5.12. The SMILES string of the molecule is CCCCCCCNC(=O)C(CCCN=C(N)N)NC(=O)C1CCCN1C(=O)C(CCCCN)NC(=O)C(N)C(C)O. The van der Waals surface area contributed by atoms with Gasteiger partial charge in [-0.2, -0.15) is 0 Å². The van der Waals surface area contributed by atoms with Gasteiger partial charge < -0.3 is 48.9 Å². The van der Waals surface area contributed by atoms with Crippen LogP contribution in [0.1, 0.15) is 90.9 Å². The molecule has 0 saturated carbocycles. The average Bonchev–Trinajstić information content (AvgIpc) is 3.45. The number of aliphatic imine (C=N–C) groups is 1. The molecular weight excluding hydrogens is 542 g/mol. The summed E-state index contributed by atoms with van der Waals surface area (Å²) in [7, 11) is 0. The number of unbranched alkanes of at least 4 members (excludes halogenated alkanes) is 5. The summed E-state index contributed by atoms with van der Waals surface area (Å²) < 4.78 is 0. The van der Waals surface area contributed by atoms with Crippen LogP contribution in [0.5, 0.6) is 0 Å². The molecule has 1 heterocycles. The molecule has 0 aliphatic carbocycles. The minimum Gasteiger partial charge on any atom is -0.391 e. The third kappa shape index (κ3) is 13.8. The van der Waals surface area contributed by atoms with Crippen molar-refractivity contribution in [3.05, 3.63) is 0 Å². The number of hydrogen-bond donors (Lipinski definition) is 8. The van der Waals surface area contributed by atoms with Gasteiger partial charge in [0.05, 0.1) is 6.10 Å². The summed E-state index contributed by atoms with van der Waals surface area (Å²) in [6.07, 6.45) is 7.52. The summed E-state index contributed by atoms with van der Waals surface area (Å²) >= 11 is 0. The van der Waals surface area contributed by atoms with Crippen LogP contribution in [0.4, 0.5) is 0 Å². The molecule has 0 bridgehead atoms. The van der Waals surface area contributed by atoms with Gasteiger partial charge in [-0.05, 0) is 64.8 Å². The Morgan fingerprint density at radius 2 is 1.64 bits per heavy atom. The molecule has 0 aromatic rings. The molecule has 14 heteroatoms. The zero-order valence-corrected chi connectivity index (χ0v) is 25.5. The largest absolute Gasteiger partial charge is 0.391 e. The van der Waals surface area contributed by atoms with Gasteiger partial charge in [-0.3, -0.25) is 24.2 Å². The van der Waals surface area contributed by atoms with Crippen LogP contribution in [0.25, 0.3) is 0 Å². The van der Waals surface area contributed by atoms with Crippen LogP contribution < -0.4 is 38.9 Å². The van der Waals surface area contributed by atoms with E-state index in [1.807, 2.05) is 0 Å². The second-order valence-electron chi connectivity index (χ2n) is 11.0. The van der Waals surface area contributed by atoms with E-state index >= 15 is 0 Å². The predicted octanol–water partition coefficient (Wildman–Crippen LogP) is -1.08. The van der Waals surface area contributed by atoms with Crippen LogP contribution in [0.15, 0.2) is 4.99 Å². The second kappa shape index (κ2) is 20.8. The van der Waals surface area contributed by atoms with E-state index in [2.05, 4.69) is 27.9 Å². The highest BCUT2D eigenvalue weighted by atomic mass is 16.3. The summed E-state index contributed by atoms with van der Waals surface area (Å²) in [5.41, 5.74) is 22.2. The molecule has 1 saturated heterocycles. The molecular formula is C28H55N9O5. The number of nitrogens with two attached hydrogens (primary N) is 4. The van der Waals surface area contributed by atoms with E-state index < -0.39 is 48.0 Å². The summed E-state index contributed by atoms with van der Waals surface area (Å²) in [5, 5.41) is 18.1. The molecule has 4 amide bonds. The molecule has 12 N–H and O–H groups in total. The van der Waals surface area contributed by atoms with Gasteiger partial charge in [0.1, 0.15) is 24.2 Å². The minimum absolute atomic E-state index is 0.0465. The monoisotopic (exact) mass is 597 g/mol. The minimum atomic E-state index is -1.20. The molecule has 1 fully saturated rings. The first-order chi connectivity index (χ1) is 20.0. The quantitative estimate of drug-likeness (QED) is 0.0455. The van der Waals surface area contributed by atoms with Gasteiger partial charge in [0.2, 0.25) is 23.6 Å². The molecule has 0 spiro atoms. The Labute approximate surface area is 250 Å². The van der Waals surface area contributed by atoms with Crippen LogP contribution in [0.2, 0.25) is 0 Å². The van der Waals surface area contributed by atoms with Crippen molar-refractivity contribution >= 4 is 29.6 Å². The van der Waals surface area contributed by atoms with Crippen molar-refractivity contribution in [3.63, 3.8) is 0 Å². The number of carbonyl (C=O) groups is 4. The Hall–Kier alpha value is -2.97. The van der Waals surface area contributed by atoms with Crippen molar-refractivity contribution in [2.24, 2.45) is 27.9 Å². The maximum atomic E-state index is 13.6. The van der Waals surface area contributed by atoms with Crippen molar-refractivity contribution in [1.82, 2.24) is 20.9 Å². The van der Waals surface area contributed by atoms with E-state index in [1.54, 1.807) is 0 Å². The molecule has 14 nitrogen and oxygen atoms in total. The molecule has 0 aromatic carbocycles. The lowest BCUT2D eigenvalue weighted by Gasteiger charge is -2.30. The number of nitrogens with one attached hydrogen (secondary N) is 3. The lowest BCUT2D eigenvalue weighted by Crippen LogP contribution is -2.58. The molecule has 1 rings (SSSR count). The third-order valence-electron chi connectivity index (χ3n) is 7.38. The first-order valence-electron chi connectivity index (χ1n) is 15.4. The van der Waals surface area contributed by atoms with Gasteiger partial charge in [-0.15, -0.1) is 0 Å². The first-order valence-corrected chi connectivity index (χ1v) is 15.4. The lowest BCUT2D eigenvalue weighted by atomic mass is 10.1. The molecule has 42 heavy (non-hydrogen) atoms. The van der Waals surface area contributed by atoms with Gasteiger partial charge in [0.15, 0.2) is 5.96 Å². The number of aliphatic hydroxyl groups is 1. The molecule has 0 radical (unpaired) electrons. The topological polar surface area (TPSA) is 244 Å². The van der Waals surface area contributed by atoms with Crippen molar-refractivity contribution in [2.75, 3.05) is 26.2 Å². The number of hydrogen-bond acceptors (Lipinski definition) is 8. The van der Waals surface area contributed by atoms with Gasteiger partial charge in [0.25, 0.3) is 0 Å². The van der Waals surface area contributed by atoms with E-state index in [1.165, 1.54) is 11.8 Å². The average molecular weight is 598 g/mol. The Morgan fingerprint density at radius 3 is 2.29 bits per heavy atom. The van der Waals surface area contributed by atoms with E-state index in [4.69, 9.17) is 22.9 Å². The smallest absolute Gasteiger partial charge is 0.245 e. The van der Waals surface area contributed by atoms with Crippen LogP contribution >= 0.6 is 0 Å². The van der Waals surface area contributed by atoms with Crippen LogP contribution in [0, 0.1) is 0 Å². The zero-order chi connectivity index (χ0) is 31.5. The van der Waals surface area contributed by atoms with Crippen molar-refractivity contribution < 1.29 is 24.3 Å². The van der Waals surface area contributed by atoms with Crippen LogP contribution in [-0.2, 0) is 19.2 Å². The first kappa shape index (κ1) is 37.1. The number of nitrogens with zero attached hydrogens (tertiary/aromatic N) is 2. The van der Waals surface area contributed by atoms with Crippen LogP contribution in [-0.4, -0.2) is 96.0 Å². The lowest BCUT2D eigenvalue weighted by molar-refractivity contribution is -0.142. The molecule has 5 unspecified atom stereocenters. The van der Waals surface area contributed by atoms with Crippen molar-refractivity contribution in [1.29, 1.82) is 0 Å². The standard InChI is InChI=1S/C28H55N9O5/c1-3-4-5-6-9-16-33-24(39)20(13-10-17-34-28(31)32)35-25(40)22-14-11-18-37(22)27(42)21(12-7-8-15-29)36-26(41)23(30)19(2)38/h19-23,38H,3-18,29-30H2,1-2H3,(H,33,39)(H,35,40)(H,36,41)(H4,31,32,34). The Bertz CT molecular complexity index is 867. The maximum Gasteiger partial charge on any atom is 0.245 e. The zero-order valence-electron chi connectivity index (χ0n) is 25.5. The number of aliphatic hydroxyl groups excluding tert-OH is 1. The fourth-order valence-corrected chi connectivity index (χ4v) is 4.84. The van der Waals surface area contributed by atoms with Crippen molar-refractivity contribution in [2.45, 2.75) is 121 Å². The fourth-order valence-electron chi connectivity index (χ4n) is 4.84. The number of carbonyl (C=O) groups excluding carboxylic acids is 4. The highest BCUT2D eigenvalue weighted by Gasteiger charge is 2.39. The Kier molecular flexibility index (Phi) is 18.4. The normalized spacial score (nSPS) is 17.5. The van der Waals surface area contributed by atoms with Gasteiger partial charge in [-0.1, -0.05) is 32.6 Å². The second-order valence-corrected chi connectivity index (χ2v) is 11.0. The summed E-state index contributed by atoms with van der Waals surface area (Å²) in [4.78, 5) is 58.1. The van der Waals surface area contributed by atoms with E-state index in [9.17, 15) is 24.3 Å². The number of likely N-dealkylation sites (tertiary alicyclic amines) is 1. The third-order valence-corrected chi connectivity index (χ3v) is 7.38. The fraction of sp³-hybridized carbons (Fsp3) is 0.821. The van der Waals surface area contributed by atoms with E-state index in [0.29, 0.717) is 71.1 Å². The molecule has 0 aromatic heterocycles. The summed E-state index contributed by atoms with van der Waals surface area (Å²) in [6, 6.07) is -3.73. The van der Waals surface area contributed by atoms with E-state index in [-0.39, 0.29) is 11.9 Å². The molecule has 1 aliphatic heterocycles. The molecule has 1 aliphatic rings. The molecule has 5 atom stereocenters. The highest BCUT2D eigenvalue weighted by molar-refractivity contribution is 5.95. The molecule has 242 valence electrons. The van der Waals surface area contributed by atoms with Crippen LogP contribution in [0.3, 0.4) is 0 Å². The van der Waals surface area contributed by atoms with E-state index in [0.717, 1.165) is 32.1 Å². The summed E-state index contributed by atoms with van der Waals surface area (Å²) in [5.74, 6) is -1.83. The number of rotatable bonds is 21. The van der Waals surface area contributed by atoms with Gasteiger partial charge >= 0.3 is 0 Å². The maximum absolute atomic E-state index is 13.6. The predicted molar refractivity (Wildman–Crippen MR) is 163 cm³/mol. The van der Waals surface area contributed by atoms with Crippen molar-refractivity contribution in [3.8, 4) is 0 Å². The Balaban J connectivity index is 2.95. The number of guanidine groups is 1. The van der Waals surface area contributed by atoms with Gasteiger partial charge in [0, 0.05) is 19.6 Å². The Morgan fingerprint density at radius 1 is 0.952 bits per heavy atom.